The van der Waals surface area contributed by atoms with Gasteiger partial charge in [0.1, 0.15) is 23.7 Å². The topological polar surface area (TPSA) is 128 Å². The largest absolute Gasteiger partial charge is 0.350 e. The van der Waals surface area contributed by atoms with Crippen LogP contribution >= 0.6 is 0 Å². The second-order valence-corrected chi connectivity index (χ2v) is 7.60. The van der Waals surface area contributed by atoms with E-state index in [1.807, 2.05) is 0 Å². The molecule has 0 radical (unpaired) electrons. The maximum absolute atomic E-state index is 14.1. The molecule has 0 aliphatic heterocycles. The summed E-state index contributed by atoms with van der Waals surface area (Å²) in [4.78, 5) is 48.9. The maximum Gasteiger partial charge on any atom is 0.243 e. The van der Waals surface area contributed by atoms with Gasteiger partial charge in [-0.05, 0) is 35.7 Å². The van der Waals surface area contributed by atoms with Crippen LogP contribution in [-0.2, 0) is 32.1 Å². The van der Waals surface area contributed by atoms with Crippen molar-refractivity contribution >= 4 is 29.7 Å². The third-order valence-electron chi connectivity index (χ3n) is 4.93. The highest BCUT2D eigenvalue weighted by molar-refractivity contribution is 6.26. The van der Waals surface area contributed by atoms with Crippen LogP contribution < -0.4 is 16.0 Å². The fourth-order valence-corrected chi connectivity index (χ4v) is 3.15. The molecule has 180 valence electrons. The summed E-state index contributed by atoms with van der Waals surface area (Å²) >= 11 is 0. The van der Waals surface area contributed by atoms with E-state index in [4.69, 9.17) is 5.41 Å². The zero-order chi connectivity index (χ0) is 25.1. The predicted octanol–water partition coefficient (Wildman–Crippen LogP) is 1.81. The Labute approximate surface area is 195 Å². The second-order valence-electron chi connectivity index (χ2n) is 7.60. The molecule has 34 heavy (non-hydrogen) atoms. The second kappa shape index (κ2) is 12.9. The van der Waals surface area contributed by atoms with E-state index in [1.165, 1.54) is 49.4 Å². The molecule has 0 spiro atoms. The first-order chi connectivity index (χ1) is 16.2. The molecule has 2 atom stereocenters. The van der Waals surface area contributed by atoms with E-state index < -0.39 is 47.2 Å². The van der Waals surface area contributed by atoms with Gasteiger partial charge in [0.25, 0.3) is 0 Å². The lowest BCUT2D eigenvalue weighted by atomic mass is 10.0. The van der Waals surface area contributed by atoms with Crippen LogP contribution in [0.1, 0.15) is 30.9 Å². The van der Waals surface area contributed by atoms with Crippen molar-refractivity contribution < 1.29 is 28.0 Å². The van der Waals surface area contributed by atoms with E-state index >= 15 is 0 Å². The standard InChI is InChI=1S/C24H26F2N4O4/c1-15(31)29-22(12-17-4-2-3-5-20(17)26)24(34)30-21(11-10-19(32)13-27)23(33)28-14-16-6-8-18(25)9-7-16/h2-9,13,21-22,27H,10-12,14H2,1H3,(H,28,33)(H,29,31)(H,30,34)/t21-,22-/m0/s1. The average Bonchev–Trinajstić information content (AvgIpc) is 2.81. The summed E-state index contributed by atoms with van der Waals surface area (Å²) in [6.07, 6.45) is 0.202. The third kappa shape index (κ3) is 8.53. The predicted molar refractivity (Wildman–Crippen MR) is 121 cm³/mol. The molecule has 10 heteroatoms. The number of benzene rings is 2. The Balaban J connectivity index is 2.14. The number of nitrogens with one attached hydrogen (secondary N) is 4. The molecule has 0 saturated carbocycles. The number of hydrogen-bond donors (Lipinski definition) is 4. The zero-order valence-electron chi connectivity index (χ0n) is 18.6. The molecule has 2 aromatic rings. The van der Waals surface area contributed by atoms with Crippen molar-refractivity contribution in [3.63, 3.8) is 0 Å². The van der Waals surface area contributed by atoms with Crippen LogP contribution in [0.25, 0.3) is 0 Å². The number of Topliss-reactive ketones (excluding diaryl/α,β-unsaturated/α-hetero) is 1. The van der Waals surface area contributed by atoms with Gasteiger partial charge in [0.15, 0.2) is 5.78 Å². The van der Waals surface area contributed by atoms with Crippen LogP contribution in [0.15, 0.2) is 48.5 Å². The molecule has 0 heterocycles. The van der Waals surface area contributed by atoms with Gasteiger partial charge in [-0.15, -0.1) is 0 Å². The molecule has 0 fully saturated rings. The van der Waals surface area contributed by atoms with Crippen LogP contribution in [0.2, 0.25) is 0 Å². The minimum absolute atomic E-state index is 0.0500. The van der Waals surface area contributed by atoms with Gasteiger partial charge in [-0.3, -0.25) is 19.2 Å². The van der Waals surface area contributed by atoms with Gasteiger partial charge in [0.2, 0.25) is 17.7 Å². The fourth-order valence-electron chi connectivity index (χ4n) is 3.15. The first-order valence-corrected chi connectivity index (χ1v) is 10.6. The van der Waals surface area contributed by atoms with Gasteiger partial charge in [0, 0.05) is 26.3 Å². The van der Waals surface area contributed by atoms with Gasteiger partial charge in [0.05, 0.1) is 6.21 Å². The third-order valence-corrected chi connectivity index (χ3v) is 4.93. The monoisotopic (exact) mass is 472 g/mol. The van der Waals surface area contributed by atoms with Crippen molar-refractivity contribution in [3.8, 4) is 0 Å². The summed E-state index contributed by atoms with van der Waals surface area (Å²) < 4.78 is 27.2. The molecule has 2 aromatic carbocycles. The van der Waals surface area contributed by atoms with E-state index in [0.717, 1.165) is 0 Å². The summed E-state index contributed by atoms with van der Waals surface area (Å²) in [7, 11) is 0. The normalized spacial score (nSPS) is 12.2. The van der Waals surface area contributed by atoms with Crippen molar-refractivity contribution in [1.82, 2.24) is 16.0 Å². The maximum atomic E-state index is 14.1. The smallest absolute Gasteiger partial charge is 0.243 e. The Morgan fingerprint density at radius 3 is 2.24 bits per heavy atom. The van der Waals surface area contributed by atoms with Crippen molar-refractivity contribution in [1.29, 1.82) is 5.41 Å². The lowest BCUT2D eigenvalue weighted by molar-refractivity contribution is -0.132. The number of halogens is 2. The van der Waals surface area contributed by atoms with Gasteiger partial charge in [-0.1, -0.05) is 30.3 Å². The Morgan fingerprint density at radius 1 is 0.941 bits per heavy atom. The van der Waals surface area contributed by atoms with Crippen LogP contribution in [0, 0.1) is 17.0 Å². The number of hydrogen-bond acceptors (Lipinski definition) is 5. The minimum atomic E-state index is -1.17. The molecule has 3 amide bonds. The highest BCUT2D eigenvalue weighted by atomic mass is 19.1. The molecule has 0 aliphatic carbocycles. The molecule has 8 nitrogen and oxygen atoms in total. The number of ketones is 1. The average molecular weight is 472 g/mol. The van der Waals surface area contributed by atoms with Crippen LogP contribution in [-0.4, -0.2) is 41.8 Å². The highest BCUT2D eigenvalue weighted by Crippen LogP contribution is 2.10. The lowest BCUT2D eigenvalue weighted by Crippen LogP contribution is -2.54. The van der Waals surface area contributed by atoms with E-state index in [-0.39, 0.29) is 31.4 Å². The van der Waals surface area contributed by atoms with Crippen molar-refractivity contribution in [2.45, 2.75) is 44.8 Å². The molecular formula is C24H26F2N4O4. The fraction of sp³-hybridized carbons (Fsp3) is 0.292. The molecule has 0 unspecified atom stereocenters. The molecule has 2 rings (SSSR count). The summed E-state index contributed by atoms with van der Waals surface area (Å²) in [5.41, 5.74) is 0.818. The van der Waals surface area contributed by atoms with E-state index in [9.17, 15) is 28.0 Å². The Bertz CT molecular complexity index is 1040. The zero-order valence-corrected chi connectivity index (χ0v) is 18.6. The number of carbonyl (C=O) groups is 4. The summed E-state index contributed by atoms with van der Waals surface area (Å²) in [6, 6.07) is 8.93. The number of carbonyl (C=O) groups excluding carboxylic acids is 4. The van der Waals surface area contributed by atoms with Gasteiger partial charge < -0.3 is 21.4 Å². The molecular weight excluding hydrogens is 446 g/mol. The van der Waals surface area contributed by atoms with Crippen molar-refractivity contribution in [2.75, 3.05) is 0 Å². The highest BCUT2D eigenvalue weighted by Gasteiger charge is 2.27. The summed E-state index contributed by atoms with van der Waals surface area (Å²) in [5.74, 6) is -3.37. The SMILES string of the molecule is CC(=O)N[C@@H](Cc1ccccc1F)C(=O)N[C@@H](CCC(=O)C=N)C(=O)NCc1ccc(F)cc1. The van der Waals surface area contributed by atoms with E-state index in [2.05, 4.69) is 16.0 Å². The van der Waals surface area contributed by atoms with Crippen molar-refractivity contribution in [3.05, 3.63) is 71.3 Å². The van der Waals surface area contributed by atoms with Gasteiger partial charge >= 0.3 is 0 Å². The Hall–Kier alpha value is -3.95. The number of rotatable bonds is 12. The number of amides is 3. The van der Waals surface area contributed by atoms with E-state index in [0.29, 0.717) is 11.8 Å². The summed E-state index contributed by atoms with van der Waals surface area (Å²) in [6.45, 7) is 1.26. The molecule has 0 aliphatic rings. The molecule has 4 N–H and O–H groups in total. The van der Waals surface area contributed by atoms with Crippen LogP contribution in [0.3, 0.4) is 0 Å². The Kier molecular flexibility index (Phi) is 10.0. The lowest BCUT2D eigenvalue weighted by Gasteiger charge is -2.23. The first-order valence-electron chi connectivity index (χ1n) is 10.6. The van der Waals surface area contributed by atoms with E-state index in [1.54, 1.807) is 6.07 Å². The minimum Gasteiger partial charge on any atom is -0.350 e. The van der Waals surface area contributed by atoms with Crippen molar-refractivity contribution in [2.24, 2.45) is 0 Å². The van der Waals surface area contributed by atoms with Crippen LogP contribution in [0.4, 0.5) is 8.78 Å². The molecule has 0 bridgehead atoms. The Morgan fingerprint density at radius 2 is 1.62 bits per heavy atom. The quantitative estimate of drug-likeness (QED) is 0.351. The molecule has 0 saturated heterocycles. The van der Waals surface area contributed by atoms with Crippen LogP contribution in [0.5, 0.6) is 0 Å². The first kappa shape index (κ1) is 26.3. The molecule has 0 aromatic heterocycles. The van der Waals surface area contributed by atoms with Gasteiger partial charge in [-0.2, -0.15) is 0 Å². The van der Waals surface area contributed by atoms with Gasteiger partial charge in [-0.25, -0.2) is 8.78 Å². The summed E-state index contributed by atoms with van der Waals surface area (Å²) in [5, 5.41) is 14.6.